The first-order valence-corrected chi connectivity index (χ1v) is 10.1. The fourth-order valence-corrected chi connectivity index (χ4v) is 3.74. The Morgan fingerprint density at radius 2 is 1.87 bits per heavy atom. The van der Waals surface area contributed by atoms with Gasteiger partial charge in [-0.1, -0.05) is 0 Å². The van der Waals surface area contributed by atoms with Crippen molar-refractivity contribution >= 4 is 29.2 Å². The predicted octanol–water partition coefficient (Wildman–Crippen LogP) is 0.0372. The minimum atomic E-state index is -0.602. The van der Waals surface area contributed by atoms with Crippen LogP contribution in [0.2, 0.25) is 0 Å². The Balaban J connectivity index is 1.82. The fraction of sp³-hybridized carbons (Fsp3) is 0.476. The summed E-state index contributed by atoms with van der Waals surface area (Å²) < 4.78 is 10.3. The van der Waals surface area contributed by atoms with Gasteiger partial charge < -0.3 is 34.6 Å². The molecule has 31 heavy (non-hydrogen) atoms. The minimum absolute atomic E-state index is 0.0647. The summed E-state index contributed by atoms with van der Waals surface area (Å²) in [6.45, 7) is 4.28. The van der Waals surface area contributed by atoms with E-state index in [4.69, 9.17) is 9.47 Å². The van der Waals surface area contributed by atoms with Crippen LogP contribution in [0.4, 0.5) is 11.4 Å². The molecule has 0 atom stereocenters. The highest BCUT2D eigenvalue weighted by Crippen LogP contribution is 2.33. The van der Waals surface area contributed by atoms with Gasteiger partial charge in [0.25, 0.3) is 5.91 Å². The van der Waals surface area contributed by atoms with Gasteiger partial charge in [0.05, 0.1) is 38.6 Å². The van der Waals surface area contributed by atoms with Gasteiger partial charge in [0, 0.05) is 51.4 Å². The molecule has 0 aromatic heterocycles. The van der Waals surface area contributed by atoms with E-state index in [0.717, 1.165) is 5.69 Å². The number of methoxy groups -OCH3 is 2. The number of ether oxygens (including phenoxy) is 2. The Morgan fingerprint density at radius 1 is 1.16 bits per heavy atom. The summed E-state index contributed by atoms with van der Waals surface area (Å²) in [6, 6.07) is 5.54. The summed E-state index contributed by atoms with van der Waals surface area (Å²) in [5.74, 6) is -0.407. The molecule has 0 unspecified atom stereocenters. The summed E-state index contributed by atoms with van der Waals surface area (Å²) in [5, 5.41) is 12.2. The molecule has 10 nitrogen and oxygen atoms in total. The first kappa shape index (κ1) is 22.4. The molecule has 0 spiro atoms. The number of hydrogen-bond donors (Lipinski definition) is 2. The van der Waals surface area contributed by atoms with E-state index in [2.05, 4.69) is 10.2 Å². The number of anilines is 2. The Bertz CT molecular complexity index is 892. The van der Waals surface area contributed by atoms with E-state index in [1.54, 1.807) is 13.0 Å². The first-order valence-electron chi connectivity index (χ1n) is 10.1. The van der Waals surface area contributed by atoms with Crippen molar-refractivity contribution in [2.24, 2.45) is 0 Å². The van der Waals surface area contributed by atoms with Gasteiger partial charge in [0.15, 0.2) is 0 Å². The molecule has 3 rings (SSSR count). The van der Waals surface area contributed by atoms with Crippen LogP contribution >= 0.6 is 0 Å². The normalized spacial score (nSPS) is 16.6. The summed E-state index contributed by atoms with van der Waals surface area (Å²) in [4.78, 5) is 41.8. The largest absolute Gasteiger partial charge is 0.494 e. The van der Waals surface area contributed by atoms with E-state index in [-0.39, 0.29) is 42.8 Å². The standard InChI is InChI=1S/C21H28N4O6/c1-14(27)23-6-8-24(9-7-23)15-4-5-17(18(12-15)30-2)22-19-16(21(29)31-3)13-25(10-11-26)20(19)28/h4-5,12,22,26H,6-11,13H2,1-3H3. The second-order valence-electron chi connectivity index (χ2n) is 7.30. The summed E-state index contributed by atoms with van der Waals surface area (Å²) in [6.07, 6.45) is 0. The molecule has 0 bridgehead atoms. The molecule has 168 valence electrons. The van der Waals surface area contributed by atoms with Crippen LogP contribution in [0, 0.1) is 0 Å². The molecule has 2 heterocycles. The molecule has 0 saturated carbocycles. The predicted molar refractivity (Wildman–Crippen MR) is 114 cm³/mol. The van der Waals surface area contributed by atoms with Crippen molar-refractivity contribution in [2.45, 2.75) is 6.92 Å². The summed E-state index contributed by atoms with van der Waals surface area (Å²) >= 11 is 0. The zero-order valence-corrected chi connectivity index (χ0v) is 18.0. The maximum atomic E-state index is 12.7. The molecule has 2 amide bonds. The van der Waals surface area contributed by atoms with Gasteiger partial charge in [-0.2, -0.15) is 0 Å². The number of aliphatic hydroxyl groups is 1. The molecule has 10 heteroatoms. The minimum Gasteiger partial charge on any atom is -0.494 e. The van der Waals surface area contributed by atoms with Crippen LogP contribution in [0.3, 0.4) is 0 Å². The van der Waals surface area contributed by atoms with Crippen molar-refractivity contribution in [3.05, 3.63) is 29.5 Å². The molecule has 0 aliphatic carbocycles. The highest BCUT2D eigenvalue weighted by molar-refractivity contribution is 6.08. The zero-order valence-electron chi connectivity index (χ0n) is 18.0. The van der Waals surface area contributed by atoms with E-state index < -0.39 is 5.97 Å². The molecular weight excluding hydrogens is 404 g/mol. The second-order valence-corrected chi connectivity index (χ2v) is 7.30. The highest BCUT2D eigenvalue weighted by Gasteiger charge is 2.35. The lowest BCUT2D eigenvalue weighted by atomic mass is 10.2. The monoisotopic (exact) mass is 432 g/mol. The van der Waals surface area contributed by atoms with Gasteiger partial charge in [-0.05, 0) is 12.1 Å². The van der Waals surface area contributed by atoms with Crippen molar-refractivity contribution in [2.75, 3.05) is 70.3 Å². The van der Waals surface area contributed by atoms with Crippen molar-refractivity contribution in [1.29, 1.82) is 0 Å². The van der Waals surface area contributed by atoms with Crippen LogP contribution in [0.1, 0.15) is 6.92 Å². The van der Waals surface area contributed by atoms with Gasteiger partial charge in [0.2, 0.25) is 5.91 Å². The molecule has 2 N–H and O–H groups in total. The number of amides is 2. The quantitative estimate of drug-likeness (QED) is 0.581. The molecule has 2 aliphatic rings. The number of aliphatic hydroxyl groups excluding tert-OH is 1. The van der Waals surface area contributed by atoms with E-state index in [1.165, 1.54) is 19.1 Å². The van der Waals surface area contributed by atoms with Crippen LogP contribution in [0.25, 0.3) is 0 Å². The molecule has 2 aliphatic heterocycles. The van der Waals surface area contributed by atoms with Gasteiger partial charge in [0.1, 0.15) is 11.4 Å². The number of hydrogen-bond acceptors (Lipinski definition) is 8. The van der Waals surface area contributed by atoms with Crippen LogP contribution in [0.15, 0.2) is 29.5 Å². The number of benzene rings is 1. The smallest absolute Gasteiger partial charge is 0.337 e. The number of esters is 1. The van der Waals surface area contributed by atoms with Crippen molar-refractivity contribution in [1.82, 2.24) is 9.80 Å². The lowest BCUT2D eigenvalue weighted by Crippen LogP contribution is -2.48. The van der Waals surface area contributed by atoms with E-state index >= 15 is 0 Å². The highest BCUT2D eigenvalue weighted by atomic mass is 16.5. The molecule has 1 saturated heterocycles. The van der Waals surface area contributed by atoms with Crippen LogP contribution in [-0.4, -0.2) is 92.8 Å². The SMILES string of the molecule is COC(=O)C1=C(Nc2ccc(N3CCN(C(C)=O)CC3)cc2OC)C(=O)N(CCO)C1. The van der Waals surface area contributed by atoms with Crippen molar-refractivity contribution < 1.29 is 29.0 Å². The second kappa shape index (κ2) is 9.69. The maximum absolute atomic E-state index is 12.7. The van der Waals surface area contributed by atoms with Gasteiger partial charge >= 0.3 is 5.97 Å². The third-order valence-electron chi connectivity index (χ3n) is 5.49. The number of piperazine rings is 1. The molecule has 1 fully saturated rings. The van der Waals surface area contributed by atoms with E-state index in [0.29, 0.717) is 37.6 Å². The third-order valence-corrected chi connectivity index (χ3v) is 5.49. The fourth-order valence-electron chi connectivity index (χ4n) is 3.74. The Labute approximate surface area is 181 Å². The Morgan fingerprint density at radius 3 is 2.45 bits per heavy atom. The van der Waals surface area contributed by atoms with E-state index in [1.807, 2.05) is 17.0 Å². The molecule has 0 radical (unpaired) electrons. The molecule has 1 aromatic carbocycles. The number of β-amino-alcohol motifs (C(OH)–C–C–N with tert-alkyl or cyclic N) is 1. The lowest BCUT2D eigenvalue weighted by Gasteiger charge is -2.35. The summed E-state index contributed by atoms with van der Waals surface area (Å²) in [7, 11) is 2.79. The number of carbonyl (C=O) groups is 3. The van der Waals surface area contributed by atoms with Crippen molar-refractivity contribution in [3.63, 3.8) is 0 Å². The molecule has 1 aromatic rings. The third kappa shape index (κ3) is 4.74. The topological polar surface area (TPSA) is 112 Å². The Hall–Kier alpha value is -3.27. The lowest BCUT2D eigenvalue weighted by molar-refractivity contribution is -0.136. The van der Waals surface area contributed by atoms with Crippen LogP contribution < -0.4 is 15.0 Å². The Kier molecular flexibility index (Phi) is 7.01. The molecular formula is C21H28N4O6. The number of nitrogens with zero attached hydrogens (tertiary/aromatic N) is 3. The number of carbonyl (C=O) groups excluding carboxylic acids is 3. The number of nitrogens with one attached hydrogen (secondary N) is 1. The summed E-state index contributed by atoms with van der Waals surface area (Å²) in [5.41, 5.74) is 1.78. The van der Waals surface area contributed by atoms with Gasteiger partial charge in [-0.3, -0.25) is 9.59 Å². The van der Waals surface area contributed by atoms with Crippen LogP contribution in [-0.2, 0) is 19.1 Å². The average molecular weight is 432 g/mol. The maximum Gasteiger partial charge on any atom is 0.337 e. The average Bonchev–Trinajstić information content (AvgIpc) is 3.09. The zero-order chi connectivity index (χ0) is 22.5. The van der Waals surface area contributed by atoms with Crippen LogP contribution in [0.5, 0.6) is 5.75 Å². The number of rotatable bonds is 7. The van der Waals surface area contributed by atoms with Crippen molar-refractivity contribution in [3.8, 4) is 5.75 Å². The van der Waals surface area contributed by atoms with Gasteiger partial charge in [-0.15, -0.1) is 0 Å². The van der Waals surface area contributed by atoms with Gasteiger partial charge in [-0.25, -0.2) is 4.79 Å². The van der Waals surface area contributed by atoms with E-state index in [9.17, 15) is 19.5 Å². The first-order chi connectivity index (χ1) is 14.9.